The fraction of sp³-hybridized carbons (Fsp3) is 0.455. The first-order valence-corrected chi connectivity index (χ1v) is 5.50. The smallest absolute Gasteiger partial charge is 0.330 e. The van der Waals surface area contributed by atoms with Crippen LogP contribution in [0.3, 0.4) is 0 Å². The van der Waals surface area contributed by atoms with E-state index in [1.807, 2.05) is 0 Å². The number of methoxy groups -OCH3 is 1. The van der Waals surface area contributed by atoms with E-state index in [9.17, 15) is 9.18 Å². The van der Waals surface area contributed by atoms with Crippen molar-refractivity contribution in [2.45, 2.75) is 12.5 Å². The number of halogens is 1. The van der Waals surface area contributed by atoms with Crippen molar-refractivity contribution in [1.29, 1.82) is 0 Å². The lowest BCUT2D eigenvalue weighted by Crippen LogP contribution is -2.48. The van der Waals surface area contributed by atoms with Gasteiger partial charge in [0.25, 0.3) is 0 Å². The maximum Gasteiger partial charge on any atom is 0.330 e. The summed E-state index contributed by atoms with van der Waals surface area (Å²) in [6.45, 7) is 1.95. The molecule has 8 heteroatoms. The van der Waals surface area contributed by atoms with Crippen LogP contribution in [0.4, 0.5) is 4.39 Å². The van der Waals surface area contributed by atoms with Gasteiger partial charge in [-0.1, -0.05) is 5.11 Å². The third-order valence-electron chi connectivity index (χ3n) is 2.63. The molecular weight excluding hydrogens is 253 g/mol. The van der Waals surface area contributed by atoms with Gasteiger partial charge in [0.05, 0.1) is 13.3 Å². The van der Waals surface area contributed by atoms with Gasteiger partial charge in [0.15, 0.2) is 0 Å². The molecule has 0 fully saturated rings. The summed E-state index contributed by atoms with van der Waals surface area (Å²) in [4.78, 5) is 18.2. The first-order chi connectivity index (χ1) is 9.04. The van der Waals surface area contributed by atoms with Crippen LogP contribution in [0.1, 0.15) is 12.5 Å². The predicted octanol–water partition coefficient (Wildman–Crippen LogP) is 1.51. The highest BCUT2D eigenvalue weighted by Gasteiger charge is 2.36. The van der Waals surface area contributed by atoms with Crippen LogP contribution in [-0.4, -0.2) is 31.2 Å². The number of aromatic nitrogens is 1. The number of ether oxygens (including phenoxy) is 1. The zero-order valence-electron chi connectivity index (χ0n) is 10.6. The Balaban J connectivity index is 2.98. The van der Waals surface area contributed by atoms with Crippen molar-refractivity contribution < 1.29 is 13.9 Å². The summed E-state index contributed by atoms with van der Waals surface area (Å²) in [7, 11) is 1.24. The number of azide groups is 1. The van der Waals surface area contributed by atoms with Crippen molar-refractivity contribution in [2.24, 2.45) is 5.11 Å². The Bertz CT molecular complexity index is 504. The Morgan fingerprint density at radius 2 is 2.42 bits per heavy atom. The van der Waals surface area contributed by atoms with E-state index in [0.29, 0.717) is 5.56 Å². The average Bonchev–Trinajstić information content (AvgIpc) is 2.42. The molecule has 0 aromatic carbocycles. The summed E-state index contributed by atoms with van der Waals surface area (Å²) in [6.07, 6.45) is 2.42. The normalized spacial score (nSPS) is 13.2. The highest BCUT2D eigenvalue weighted by atomic mass is 19.1. The monoisotopic (exact) mass is 267 g/mol. The zero-order chi connectivity index (χ0) is 14.3. The minimum atomic E-state index is -1.26. The Hall–Kier alpha value is -2.18. The Kier molecular flexibility index (Phi) is 5.23. The molecular formula is C11H14FN5O2. The molecule has 102 valence electrons. The fourth-order valence-electron chi connectivity index (χ4n) is 1.58. The van der Waals surface area contributed by atoms with Crippen molar-refractivity contribution in [3.63, 3.8) is 0 Å². The van der Waals surface area contributed by atoms with E-state index in [0.717, 1.165) is 6.20 Å². The van der Waals surface area contributed by atoms with Gasteiger partial charge >= 0.3 is 5.97 Å². The number of pyridine rings is 1. The molecule has 0 aliphatic rings. The molecule has 0 saturated carbocycles. The van der Waals surface area contributed by atoms with Crippen molar-refractivity contribution in [3.8, 4) is 0 Å². The van der Waals surface area contributed by atoms with Crippen LogP contribution in [0, 0.1) is 5.82 Å². The second-order valence-electron chi connectivity index (χ2n) is 3.89. The predicted molar refractivity (Wildman–Crippen MR) is 65.6 cm³/mol. The first-order valence-electron chi connectivity index (χ1n) is 5.50. The topological polar surface area (TPSA) is 100.0 Å². The minimum Gasteiger partial charge on any atom is -0.467 e. The number of hydrogen-bond acceptors (Lipinski definition) is 5. The Morgan fingerprint density at radius 1 is 1.68 bits per heavy atom. The number of esters is 1. The Labute approximate surface area is 109 Å². The van der Waals surface area contributed by atoms with E-state index in [4.69, 9.17) is 10.3 Å². The second-order valence-corrected chi connectivity index (χ2v) is 3.89. The van der Waals surface area contributed by atoms with E-state index in [1.165, 1.54) is 19.4 Å². The maximum absolute atomic E-state index is 13.2. The molecule has 1 heterocycles. The molecule has 0 amide bonds. The summed E-state index contributed by atoms with van der Waals surface area (Å²) in [5.41, 5.74) is 7.26. The summed E-state index contributed by atoms with van der Waals surface area (Å²) in [6, 6.07) is 1.20. The second kappa shape index (κ2) is 6.67. The molecule has 0 bridgehead atoms. The van der Waals surface area contributed by atoms with Crippen molar-refractivity contribution in [3.05, 3.63) is 40.3 Å². The molecule has 7 nitrogen and oxygen atoms in total. The lowest BCUT2D eigenvalue weighted by Gasteiger charge is -2.28. The molecule has 1 aromatic rings. The van der Waals surface area contributed by atoms with Crippen LogP contribution < -0.4 is 5.32 Å². The number of carbonyl (C=O) groups excluding carboxylic acids is 1. The fourth-order valence-corrected chi connectivity index (χ4v) is 1.58. The van der Waals surface area contributed by atoms with Crippen LogP contribution in [-0.2, 0) is 15.1 Å². The number of nitrogens with one attached hydrogen (secondary N) is 1. The lowest BCUT2D eigenvalue weighted by atomic mass is 9.93. The molecule has 1 rings (SSSR count). The molecule has 0 aliphatic heterocycles. The minimum absolute atomic E-state index is 0.159. The average molecular weight is 267 g/mol. The number of hydrogen-bond donors (Lipinski definition) is 1. The van der Waals surface area contributed by atoms with Crippen LogP contribution in [0.2, 0.25) is 0 Å². The van der Waals surface area contributed by atoms with Gasteiger partial charge in [0.2, 0.25) is 0 Å². The molecule has 1 aromatic heterocycles. The van der Waals surface area contributed by atoms with Gasteiger partial charge < -0.3 is 4.74 Å². The molecule has 0 saturated heterocycles. The zero-order valence-corrected chi connectivity index (χ0v) is 10.6. The third-order valence-corrected chi connectivity index (χ3v) is 2.63. The summed E-state index contributed by atoms with van der Waals surface area (Å²) in [5, 5.41) is 6.23. The van der Waals surface area contributed by atoms with Gasteiger partial charge in [0, 0.05) is 29.8 Å². The summed E-state index contributed by atoms with van der Waals surface area (Å²) in [5.74, 6) is -1.13. The lowest BCUT2D eigenvalue weighted by molar-refractivity contribution is -0.148. The highest BCUT2D eigenvalue weighted by molar-refractivity contribution is 5.81. The van der Waals surface area contributed by atoms with Gasteiger partial charge in [0.1, 0.15) is 11.4 Å². The quantitative estimate of drug-likeness (QED) is 0.277. The molecule has 19 heavy (non-hydrogen) atoms. The molecule has 1 N–H and O–H groups in total. The molecule has 1 atom stereocenters. The standard InChI is InChI=1S/C11H14FN5O2/c1-11(10(18)19-2,15-3-4-16-17-13)8-5-9(12)7-14-6-8/h5-7,15H,3-4H2,1-2H3. The van der Waals surface area contributed by atoms with Gasteiger partial charge in [-0.3, -0.25) is 10.3 Å². The van der Waals surface area contributed by atoms with E-state index >= 15 is 0 Å². The van der Waals surface area contributed by atoms with E-state index in [-0.39, 0.29) is 13.1 Å². The third kappa shape index (κ3) is 3.64. The van der Waals surface area contributed by atoms with Crippen molar-refractivity contribution in [1.82, 2.24) is 10.3 Å². The van der Waals surface area contributed by atoms with Crippen molar-refractivity contribution >= 4 is 5.97 Å². The maximum atomic E-state index is 13.2. The summed E-state index contributed by atoms with van der Waals surface area (Å²) >= 11 is 0. The molecule has 1 unspecified atom stereocenters. The van der Waals surface area contributed by atoms with E-state index in [1.54, 1.807) is 6.92 Å². The highest BCUT2D eigenvalue weighted by Crippen LogP contribution is 2.22. The van der Waals surface area contributed by atoms with Gasteiger partial charge in [-0.25, -0.2) is 9.18 Å². The van der Waals surface area contributed by atoms with Gasteiger partial charge in [-0.2, -0.15) is 0 Å². The van der Waals surface area contributed by atoms with Gasteiger partial charge in [-0.15, -0.1) is 0 Å². The van der Waals surface area contributed by atoms with E-state index < -0.39 is 17.3 Å². The molecule has 0 spiro atoms. The Morgan fingerprint density at radius 3 is 3.00 bits per heavy atom. The molecule has 0 radical (unpaired) electrons. The largest absolute Gasteiger partial charge is 0.467 e. The summed E-state index contributed by atoms with van der Waals surface area (Å²) < 4.78 is 17.9. The number of nitrogens with zero attached hydrogens (tertiary/aromatic N) is 4. The SMILES string of the molecule is COC(=O)C(C)(NCCN=[N+]=[N-])c1cncc(F)c1. The molecule has 0 aliphatic carbocycles. The van der Waals surface area contributed by atoms with Crippen molar-refractivity contribution in [2.75, 3.05) is 20.2 Å². The number of carbonyl (C=O) groups is 1. The first kappa shape index (κ1) is 14.9. The number of rotatable bonds is 6. The van der Waals surface area contributed by atoms with Crippen LogP contribution in [0.15, 0.2) is 23.6 Å². The van der Waals surface area contributed by atoms with Crippen LogP contribution >= 0.6 is 0 Å². The van der Waals surface area contributed by atoms with Crippen LogP contribution in [0.25, 0.3) is 10.4 Å². The van der Waals surface area contributed by atoms with E-state index in [2.05, 4.69) is 20.3 Å². The van der Waals surface area contributed by atoms with Crippen LogP contribution in [0.5, 0.6) is 0 Å². The van der Waals surface area contributed by atoms with Gasteiger partial charge in [-0.05, 0) is 18.5 Å².